The van der Waals surface area contributed by atoms with E-state index in [1.54, 1.807) is 0 Å². The number of benzene rings is 3. The molecule has 0 aromatic heterocycles. The maximum atomic E-state index is 7.37. The van der Waals surface area contributed by atoms with Gasteiger partial charge in [-0.25, -0.2) is 0 Å². The van der Waals surface area contributed by atoms with Crippen LogP contribution in [0.1, 0.15) is 39.7 Å². The highest BCUT2D eigenvalue weighted by Crippen LogP contribution is 2.38. The topological polar surface area (TPSA) is 18.5 Å². The van der Waals surface area contributed by atoms with Crippen molar-refractivity contribution in [3.63, 3.8) is 0 Å². The van der Waals surface area contributed by atoms with Crippen molar-refractivity contribution < 1.29 is 9.16 Å². The fraction of sp³-hybridized carbons (Fsp3) is 0.333. The second-order valence-electron chi connectivity index (χ2n) is 9.82. The van der Waals surface area contributed by atoms with Gasteiger partial charge in [-0.1, -0.05) is 125 Å². The predicted molar refractivity (Wildman–Crippen MR) is 143 cm³/mol. The summed E-state index contributed by atoms with van der Waals surface area (Å²) in [6, 6.07) is 32.0. The Bertz CT molecular complexity index is 925. The van der Waals surface area contributed by atoms with Crippen LogP contribution in [0.5, 0.6) is 0 Å². The smallest absolute Gasteiger partial charge is 0.261 e. The first-order chi connectivity index (χ1) is 15.9. The summed E-state index contributed by atoms with van der Waals surface area (Å²) in [6.07, 6.45) is 2.79. The number of rotatable bonds is 11. The van der Waals surface area contributed by atoms with Crippen LogP contribution >= 0.6 is 0 Å². The Morgan fingerprint density at radius 3 is 1.76 bits per heavy atom. The van der Waals surface area contributed by atoms with Crippen LogP contribution in [0.15, 0.2) is 104 Å². The quantitative estimate of drug-likeness (QED) is 0.246. The van der Waals surface area contributed by atoms with Crippen molar-refractivity contribution >= 4 is 18.7 Å². The zero-order chi connectivity index (χ0) is 23.7. The van der Waals surface area contributed by atoms with Crippen molar-refractivity contribution in [3.8, 4) is 0 Å². The Morgan fingerprint density at radius 2 is 1.30 bits per heavy atom. The summed E-state index contributed by atoms with van der Waals surface area (Å²) in [5.74, 6) is 0.230. The third-order valence-electron chi connectivity index (χ3n) is 6.27. The van der Waals surface area contributed by atoms with E-state index in [2.05, 4.69) is 119 Å². The van der Waals surface area contributed by atoms with Crippen LogP contribution in [0.25, 0.3) is 0 Å². The van der Waals surface area contributed by atoms with Crippen molar-refractivity contribution in [2.24, 2.45) is 5.92 Å². The molecule has 0 amide bonds. The van der Waals surface area contributed by atoms with Crippen molar-refractivity contribution in [2.75, 3.05) is 6.61 Å². The van der Waals surface area contributed by atoms with Gasteiger partial charge in [0, 0.05) is 5.92 Å². The maximum Gasteiger partial charge on any atom is 0.261 e. The SMILES string of the molecule is C=CC[C@H](O[Si](c1ccccc1)(c1ccccc1)C(C)(C)C)[C@H](C)COCc1ccccc1. The summed E-state index contributed by atoms with van der Waals surface area (Å²) in [5, 5.41) is 2.55. The van der Waals surface area contributed by atoms with Crippen molar-refractivity contribution in [3.05, 3.63) is 109 Å². The van der Waals surface area contributed by atoms with E-state index in [0.717, 1.165) is 6.42 Å². The highest BCUT2D eigenvalue weighted by Gasteiger charge is 2.51. The third-order valence-corrected chi connectivity index (χ3v) is 11.3. The van der Waals surface area contributed by atoms with Gasteiger partial charge in [0.1, 0.15) is 0 Å². The summed E-state index contributed by atoms with van der Waals surface area (Å²) < 4.78 is 13.5. The molecule has 0 aliphatic rings. The average Bonchev–Trinajstić information content (AvgIpc) is 2.82. The molecule has 2 nitrogen and oxygen atoms in total. The minimum atomic E-state index is -2.62. The molecule has 0 saturated carbocycles. The molecule has 0 bridgehead atoms. The monoisotopic (exact) mass is 458 g/mol. The van der Waals surface area contributed by atoms with Crippen molar-refractivity contribution in [2.45, 2.75) is 51.9 Å². The molecule has 0 aliphatic carbocycles. The van der Waals surface area contributed by atoms with Crippen LogP contribution in [0.3, 0.4) is 0 Å². The van der Waals surface area contributed by atoms with Crippen LogP contribution in [0, 0.1) is 5.92 Å². The van der Waals surface area contributed by atoms with Gasteiger partial charge < -0.3 is 9.16 Å². The second-order valence-corrected chi connectivity index (χ2v) is 14.1. The largest absolute Gasteiger partial charge is 0.404 e. The Hall–Kier alpha value is -2.46. The molecule has 3 aromatic rings. The Kier molecular flexibility index (Phi) is 8.85. The molecule has 2 atom stereocenters. The van der Waals surface area contributed by atoms with Crippen LogP contribution in [-0.4, -0.2) is 21.0 Å². The molecule has 3 rings (SSSR count). The molecular weight excluding hydrogens is 420 g/mol. The van der Waals surface area contributed by atoms with Crippen LogP contribution < -0.4 is 10.4 Å². The van der Waals surface area contributed by atoms with Gasteiger partial charge in [0.05, 0.1) is 19.3 Å². The van der Waals surface area contributed by atoms with E-state index in [-0.39, 0.29) is 17.1 Å². The van der Waals surface area contributed by atoms with E-state index in [4.69, 9.17) is 9.16 Å². The zero-order valence-electron chi connectivity index (χ0n) is 20.5. The Balaban J connectivity index is 1.92. The first-order valence-electron chi connectivity index (χ1n) is 11.9. The van der Waals surface area contributed by atoms with Crippen LogP contribution in [-0.2, 0) is 15.8 Å². The first kappa shape index (κ1) is 25.2. The first-order valence-corrected chi connectivity index (χ1v) is 13.8. The lowest BCUT2D eigenvalue weighted by Crippen LogP contribution is -2.68. The third kappa shape index (κ3) is 6.11. The second kappa shape index (κ2) is 11.6. The van der Waals surface area contributed by atoms with Crippen LogP contribution in [0.2, 0.25) is 5.04 Å². The fourth-order valence-electron chi connectivity index (χ4n) is 4.52. The molecule has 0 spiro atoms. The molecule has 33 heavy (non-hydrogen) atoms. The lowest BCUT2D eigenvalue weighted by molar-refractivity contribution is 0.0369. The number of hydrogen-bond acceptors (Lipinski definition) is 2. The highest BCUT2D eigenvalue weighted by molar-refractivity contribution is 6.99. The van der Waals surface area contributed by atoms with Gasteiger partial charge in [-0.15, -0.1) is 6.58 Å². The maximum absolute atomic E-state index is 7.37. The molecule has 0 aliphatic heterocycles. The summed E-state index contributed by atoms with van der Waals surface area (Å²) >= 11 is 0. The lowest BCUT2D eigenvalue weighted by atomic mass is 10.0. The minimum absolute atomic E-state index is 0.0181. The van der Waals surface area contributed by atoms with Crippen molar-refractivity contribution in [1.82, 2.24) is 0 Å². The molecule has 3 heteroatoms. The van der Waals surface area contributed by atoms with Gasteiger partial charge in [0.15, 0.2) is 0 Å². The predicted octanol–water partition coefficient (Wildman–Crippen LogP) is 6.36. The van der Waals surface area contributed by atoms with Gasteiger partial charge in [0.2, 0.25) is 0 Å². The van der Waals surface area contributed by atoms with E-state index >= 15 is 0 Å². The average molecular weight is 459 g/mol. The minimum Gasteiger partial charge on any atom is -0.404 e. The highest BCUT2D eigenvalue weighted by atomic mass is 28.4. The zero-order valence-corrected chi connectivity index (χ0v) is 21.5. The van der Waals surface area contributed by atoms with E-state index in [9.17, 15) is 0 Å². The van der Waals surface area contributed by atoms with E-state index in [1.165, 1.54) is 15.9 Å². The van der Waals surface area contributed by atoms with Gasteiger partial charge in [-0.2, -0.15) is 0 Å². The number of hydrogen-bond donors (Lipinski definition) is 0. The standard InChI is InChI=1S/C30H38O2Si/c1-6-16-29(25(2)23-31-24-26-17-10-7-11-18-26)32-33(30(3,4)5,27-19-12-8-13-20-27)28-21-14-9-15-22-28/h6-15,17-22,25,29H,1,16,23-24H2,2-5H3/t25-,29+/m1/s1. The lowest BCUT2D eigenvalue weighted by Gasteiger charge is -2.46. The summed E-state index contributed by atoms with van der Waals surface area (Å²) in [5.41, 5.74) is 1.19. The fourth-order valence-corrected chi connectivity index (χ4v) is 9.32. The molecule has 0 radical (unpaired) electrons. The molecule has 0 N–H and O–H groups in total. The van der Waals surface area contributed by atoms with Crippen LogP contribution in [0.4, 0.5) is 0 Å². The van der Waals surface area contributed by atoms with Gasteiger partial charge in [-0.05, 0) is 27.4 Å². The summed E-state index contributed by atoms with van der Waals surface area (Å²) in [4.78, 5) is 0. The van der Waals surface area contributed by atoms with Gasteiger partial charge in [-0.3, -0.25) is 0 Å². The Morgan fingerprint density at radius 1 is 0.818 bits per heavy atom. The van der Waals surface area contributed by atoms with E-state index < -0.39 is 8.32 Å². The van der Waals surface area contributed by atoms with E-state index in [1.807, 2.05) is 12.1 Å². The van der Waals surface area contributed by atoms with Gasteiger partial charge >= 0.3 is 0 Å². The summed E-state index contributed by atoms with van der Waals surface area (Å²) in [6.45, 7) is 14.5. The van der Waals surface area contributed by atoms with E-state index in [0.29, 0.717) is 13.2 Å². The summed E-state index contributed by atoms with van der Waals surface area (Å²) in [7, 11) is -2.62. The molecule has 0 heterocycles. The van der Waals surface area contributed by atoms with Gasteiger partial charge in [0.25, 0.3) is 8.32 Å². The number of ether oxygens (including phenoxy) is 1. The molecule has 0 saturated heterocycles. The molecule has 174 valence electrons. The molecule has 0 unspecified atom stereocenters. The Labute approximate surface area is 201 Å². The normalized spacial score (nSPS) is 13.9. The molecular formula is C30H38O2Si. The van der Waals surface area contributed by atoms with Crippen molar-refractivity contribution in [1.29, 1.82) is 0 Å². The molecule has 3 aromatic carbocycles. The molecule has 0 fully saturated rings.